The van der Waals surface area contributed by atoms with Crippen molar-refractivity contribution < 1.29 is 4.57 Å². The number of rotatable bonds is 2. The Morgan fingerprint density at radius 3 is 2.50 bits per heavy atom. The Kier molecular flexibility index (Phi) is 2.35. The fraction of sp³-hybridized carbons (Fsp3) is 0.250. The number of nitrogens with zero attached hydrogens (tertiary/aromatic N) is 2. The van der Waals surface area contributed by atoms with E-state index in [0.29, 0.717) is 0 Å². The van der Waals surface area contributed by atoms with Gasteiger partial charge in [-0.25, -0.2) is 9.13 Å². The monoisotopic (exact) mass is 187 g/mol. The maximum absolute atomic E-state index is 2.20. The van der Waals surface area contributed by atoms with E-state index in [2.05, 4.69) is 59.9 Å². The molecule has 0 fully saturated rings. The first-order valence-electron chi connectivity index (χ1n) is 4.81. The average Bonchev–Trinajstić information content (AvgIpc) is 2.47. The van der Waals surface area contributed by atoms with Gasteiger partial charge < -0.3 is 0 Å². The molecular weight excluding hydrogens is 172 g/mol. The lowest BCUT2D eigenvalue weighted by Crippen LogP contribution is -2.31. The van der Waals surface area contributed by atoms with Gasteiger partial charge in [0.1, 0.15) is 18.4 Å². The molecular formula is C12H15N2+. The molecule has 2 rings (SSSR count). The standard InChI is InChI=1S/C12H15N2/c1-11-8-14(10-13(11)2)9-12-6-4-3-5-7-12/h3-8,10H,9H2,1-2H3/q+1. The smallest absolute Gasteiger partial charge is 0.237 e. The van der Waals surface area contributed by atoms with E-state index < -0.39 is 0 Å². The van der Waals surface area contributed by atoms with E-state index in [1.807, 2.05) is 6.07 Å². The van der Waals surface area contributed by atoms with Gasteiger partial charge in [-0.05, 0) is 5.56 Å². The first-order valence-corrected chi connectivity index (χ1v) is 4.81. The van der Waals surface area contributed by atoms with E-state index in [4.69, 9.17) is 0 Å². The first kappa shape index (κ1) is 9.00. The van der Waals surface area contributed by atoms with Gasteiger partial charge in [0, 0.05) is 6.92 Å². The second-order valence-corrected chi connectivity index (χ2v) is 3.65. The molecule has 0 unspecified atom stereocenters. The zero-order valence-corrected chi connectivity index (χ0v) is 8.64. The highest BCUT2D eigenvalue weighted by molar-refractivity contribution is 5.13. The summed E-state index contributed by atoms with van der Waals surface area (Å²) in [5, 5.41) is 0. The Morgan fingerprint density at radius 1 is 1.21 bits per heavy atom. The molecule has 0 amide bonds. The molecule has 0 aliphatic rings. The predicted octanol–water partition coefficient (Wildman–Crippen LogP) is 1.67. The minimum absolute atomic E-state index is 0.947. The molecule has 0 bridgehead atoms. The summed E-state index contributed by atoms with van der Waals surface area (Å²) in [4.78, 5) is 0. The van der Waals surface area contributed by atoms with Crippen LogP contribution in [-0.2, 0) is 13.6 Å². The number of aromatic nitrogens is 2. The lowest BCUT2D eigenvalue weighted by molar-refractivity contribution is -0.687. The zero-order chi connectivity index (χ0) is 9.97. The zero-order valence-electron chi connectivity index (χ0n) is 8.64. The molecule has 0 saturated carbocycles. The maximum atomic E-state index is 2.20. The van der Waals surface area contributed by atoms with Gasteiger partial charge in [-0.3, -0.25) is 0 Å². The highest BCUT2D eigenvalue weighted by Crippen LogP contribution is 1.98. The van der Waals surface area contributed by atoms with Crippen LogP contribution >= 0.6 is 0 Å². The minimum Gasteiger partial charge on any atom is -0.237 e. The molecule has 0 radical (unpaired) electrons. The highest BCUT2D eigenvalue weighted by Gasteiger charge is 2.05. The van der Waals surface area contributed by atoms with E-state index in [-0.39, 0.29) is 0 Å². The third-order valence-electron chi connectivity index (χ3n) is 2.44. The molecule has 0 aliphatic carbocycles. The van der Waals surface area contributed by atoms with E-state index in [1.165, 1.54) is 11.3 Å². The third kappa shape index (κ3) is 1.84. The Hall–Kier alpha value is -1.57. The predicted molar refractivity (Wildman–Crippen MR) is 55.9 cm³/mol. The molecule has 0 spiro atoms. The minimum atomic E-state index is 0.947. The molecule has 0 atom stereocenters. The molecule has 1 heterocycles. The van der Waals surface area contributed by atoms with E-state index in [0.717, 1.165) is 6.54 Å². The first-order chi connectivity index (χ1) is 6.75. The Balaban J connectivity index is 2.19. The molecule has 2 aromatic rings. The van der Waals surface area contributed by atoms with Crippen LogP contribution in [-0.4, -0.2) is 4.57 Å². The second-order valence-electron chi connectivity index (χ2n) is 3.65. The summed E-state index contributed by atoms with van der Waals surface area (Å²) in [6.45, 7) is 3.06. The summed E-state index contributed by atoms with van der Waals surface area (Å²) in [5.74, 6) is 0. The van der Waals surface area contributed by atoms with Gasteiger partial charge in [-0.2, -0.15) is 0 Å². The maximum Gasteiger partial charge on any atom is 0.244 e. The summed E-state index contributed by atoms with van der Waals surface area (Å²) in [6, 6.07) is 10.5. The Morgan fingerprint density at radius 2 is 1.93 bits per heavy atom. The lowest BCUT2D eigenvalue weighted by Gasteiger charge is -1.95. The number of imidazole rings is 1. The number of hydrogen-bond donors (Lipinski definition) is 0. The van der Waals surface area contributed by atoms with Crippen LogP contribution in [0.3, 0.4) is 0 Å². The fourth-order valence-electron chi connectivity index (χ4n) is 1.56. The SMILES string of the molecule is Cc1c[n+](Cc2ccccc2)cn1C. The van der Waals surface area contributed by atoms with Crippen LogP contribution in [0.4, 0.5) is 0 Å². The molecule has 0 saturated heterocycles. The van der Waals surface area contributed by atoms with E-state index in [9.17, 15) is 0 Å². The van der Waals surface area contributed by atoms with Crippen LogP contribution in [0.15, 0.2) is 42.9 Å². The van der Waals surface area contributed by atoms with Crippen molar-refractivity contribution in [3.05, 3.63) is 54.1 Å². The molecule has 2 heteroatoms. The van der Waals surface area contributed by atoms with Crippen molar-refractivity contribution in [2.45, 2.75) is 13.5 Å². The van der Waals surface area contributed by atoms with Gasteiger partial charge in [-0.15, -0.1) is 0 Å². The van der Waals surface area contributed by atoms with Crippen molar-refractivity contribution in [3.63, 3.8) is 0 Å². The normalized spacial score (nSPS) is 10.4. The van der Waals surface area contributed by atoms with Crippen LogP contribution in [0, 0.1) is 6.92 Å². The summed E-state index contributed by atoms with van der Waals surface area (Å²) in [6.07, 6.45) is 4.27. The molecule has 14 heavy (non-hydrogen) atoms. The van der Waals surface area contributed by atoms with E-state index in [1.54, 1.807) is 0 Å². The molecule has 0 aliphatic heterocycles. The van der Waals surface area contributed by atoms with Crippen molar-refractivity contribution in [3.8, 4) is 0 Å². The number of hydrogen-bond acceptors (Lipinski definition) is 0. The van der Waals surface area contributed by atoms with Crippen LogP contribution in [0.5, 0.6) is 0 Å². The van der Waals surface area contributed by atoms with Crippen LogP contribution in [0.1, 0.15) is 11.3 Å². The largest absolute Gasteiger partial charge is 0.244 e. The van der Waals surface area contributed by atoms with Gasteiger partial charge in [-0.1, -0.05) is 30.3 Å². The molecule has 1 aromatic heterocycles. The molecule has 2 nitrogen and oxygen atoms in total. The quantitative estimate of drug-likeness (QED) is 0.632. The Bertz CT molecular complexity index is 396. The van der Waals surface area contributed by atoms with Crippen molar-refractivity contribution in [1.82, 2.24) is 4.57 Å². The van der Waals surface area contributed by atoms with Gasteiger partial charge in [0.15, 0.2) is 0 Å². The van der Waals surface area contributed by atoms with Gasteiger partial charge in [0.25, 0.3) is 0 Å². The van der Waals surface area contributed by atoms with Crippen molar-refractivity contribution >= 4 is 0 Å². The van der Waals surface area contributed by atoms with Crippen LogP contribution in [0.25, 0.3) is 0 Å². The average molecular weight is 187 g/mol. The van der Waals surface area contributed by atoms with Gasteiger partial charge in [0.2, 0.25) is 6.33 Å². The number of benzene rings is 1. The molecule has 72 valence electrons. The van der Waals surface area contributed by atoms with Crippen molar-refractivity contribution in [1.29, 1.82) is 0 Å². The Labute approximate surface area is 84.4 Å². The summed E-state index contributed by atoms with van der Waals surface area (Å²) in [7, 11) is 2.07. The highest BCUT2D eigenvalue weighted by atomic mass is 15.1. The van der Waals surface area contributed by atoms with Crippen LogP contribution < -0.4 is 4.57 Å². The molecule has 0 N–H and O–H groups in total. The fourth-order valence-corrected chi connectivity index (χ4v) is 1.56. The summed E-state index contributed by atoms with van der Waals surface area (Å²) >= 11 is 0. The van der Waals surface area contributed by atoms with Crippen molar-refractivity contribution in [2.24, 2.45) is 7.05 Å². The van der Waals surface area contributed by atoms with Crippen molar-refractivity contribution in [2.75, 3.05) is 0 Å². The summed E-state index contributed by atoms with van der Waals surface area (Å²) < 4.78 is 4.33. The topological polar surface area (TPSA) is 8.81 Å². The van der Waals surface area contributed by atoms with Gasteiger partial charge >= 0.3 is 0 Å². The second kappa shape index (κ2) is 3.66. The summed E-state index contributed by atoms with van der Waals surface area (Å²) in [5.41, 5.74) is 2.61. The number of aryl methyl sites for hydroxylation is 2. The third-order valence-corrected chi connectivity index (χ3v) is 2.44. The van der Waals surface area contributed by atoms with Crippen LogP contribution in [0.2, 0.25) is 0 Å². The lowest BCUT2D eigenvalue weighted by atomic mass is 10.2. The van der Waals surface area contributed by atoms with E-state index >= 15 is 0 Å². The molecule has 1 aromatic carbocycles. The van der Waals surface area contributed by atoms with Gasteiger partial charge in [0.05, 0.1) is 7.05 Å².